The van der Waals surface area contributed by atoms with Crippen molar-refractivity contribution < 1.29 is 19.0 Å². The van der Waals surface area contributed by atoms with Crippen molar-refractivity contribution in [3.63, 3.8) is 0 Å². The van der Waals surface area contributed by atoms with Crippen molar-refractivity contribution in [3.8, 4) is 11.5 Å². The number of hydrogen-bond acceptors (Lipinski definition) is 12. The minimum atomic E-state index is 0.177. The molecular formula is C40H52N8O4. The molecule has 0 atom stereocenters. The first kappa shape index (κ1) is 38.4. The largest absolute Gasteiger partial charge is 0.507 e. The molecule has 0 spiro atoms. The fraction of sp³-hybridized carbons (Fsp3) is 0.400. The van der Waals surface area contributed by atoms with Crippen molar-refractivity contribution in [2.75, 3.05) is 78.5 Å². The highest BCUT2D eigenvalue weighted by molar-refractivity contribution is 5.93. The Balaban J connectivity index is 1.29. The third kappa shape index (κ3) is 12.7. The molecular weight excluding hydrogens is 656 g/mol. The van der Waals surface area contributed by atoms with Gasteiger partial charge >= 0.3 is 0 Å². The average molecular weight is 709 g/mol. The van der Waals surface area contributed by atoms with Gasteiger partial charge < -0.3 is 29.7 Å². The second-order valence-electron chi connectivity index (χ2n) is 12.9. The van der Waals surface area contributed by atoms with Gasteiger partial charge in [0.05, 0.1) is 51.8 Å². The molecule has 4 bridgehead atoms. The van der Waals surface area contributed by atoms with Crippen LogP contribution in [0.4, 0.5) is 0 Å². The van der Waals surface area contributed by atoms with Crippen molar-refractivity contribution in [2.24, 2.45) is 20.0 Å². The number of nitrogens with one attached hydrogen (secondary N) is 2. The molecule has 4 aromatic rings. The van der Waals surface area contributed by atoms with Gasteiger partial charge in [-0.1, -0.05) is 0 Å². The molecule has 12 nitrogen and oxygen atoms in total. The predicted octanol–water partition coefficient (Wildman–Crippen LogP) is 4.47. The Morgan fingerprint density at radius 3 is 1.23 bits per heavy atom. The van der Waals surface area contributed by atoms with E-state index < -0.39 is 0 Å². The van der Waals surface area contributed by atoms with Gasteiger partial charge in [0.1, 0.15) is 23.0 Å². The SMILES string of the molecule is Cc1cc2c(O)c(c1)C=NCCN(CCNCc1ccco1)CCN=Cc1cc(C)cc(c1O)C=NCCN(CCNCc1ccco1)CCN=C2. The topological polar surface area (TPSA) is 147 Å². The molecule has 2 aromatic heterocycles. The highest BCUT2D eigenvalue weighted by Crippen LogP contribution is 2.23. The van der Waals surface area contributed by atoms with Gasteiger partial charge in [-0.05, 0) is 73.5 Å². The number of nitrogens with zero attached hydrogens (tertiary/aromatic N) is 6. The lowest BCUT2D eigenvalue weighted by molar-refractivity contribution is 0.287. The molecule has 0 aliphatic carbocycles. The first-order valence-electron chi connectivity index (χ1n) is 18.0. The van der Waals surface area contributed by atoms with Crippen LogP contribution >= 0.6 is 0 Å². The summed E-state index contributed by atoms with van der Waals surface area (Å²) >= 11 is 0. The first-order chi connectivity index (χ1) is 25.4. The van der Waals surface area contributed by atoms with Crippen LogP contribution in [-0.2, 0) is 13.1 Å². The molecule has 0 saturated heterocycles. The molecule has 5 rings (SSSR count). The van der Waals surface area contributed by atoms with Crippen LogP contribution in [0, 0.1) is 13.8 Å². The lowest BCUT2D eigenvalue weighted by Gasteiger charge is -2.21. The third-order valence-electron chi connectivity index (χ3n) is 8.70. The van der Waals surface area contributed by atoms with Gasteiger partial charge in [0.15, 0.2) is 0 Å². The van der Waals surface area contributed by atoms with E-state index in [1.165, 1.54) is 0 Å². The maximum Gasteiger partial charge on any atom is 0.133 e. The molecule has 0 fully saturated rings. The zero-order valence-corrected chi connectivity index (χ0v) is 30.4. The minimum Gasteiger partial charge on any atom is -0.507 e. The average Bonchev–Trinajstić information content (AvgIpc) is 3.86. The van der Waals surface area contributed by atoms with Crippen molar-refractivity contribution >= 4 is 24.9 Å². The summed E-state index contributed by atoms with van der Waals surface area (Å²) in [4.78, 5) is 23.4. The van der Waals surface area contributed by atoms with Crippen molar-refractivity contribution in [2.45, 2.75) is 26.9 Å². The maximum atomic E-state index is 11.1. The number of benzene rings is 2. The van der Waals surface area contributed by atoms with E-state index in [4.69, 9.17) is 8.83 Å². The van der Waals surface area contributed by atoms with Crippen LogP contribution in [0.15, 0.2) is 89.9 Å². The van der Waals surface area contributed by atoms with E-state index in [0.717, 1.165) is 75.0 Å². The minimum absolute atomic E-state index is 0.177. The normalized spacial score (nSPS) is 15.6. The summed E-state index contributed by atoms with van der Waals surface area (Å²) in [5, 5.41) is 29.1. The van der Waals surface area contributed by atoms with Gasteiger partial charge in [-0.2, -0.15) is 0 Å². The summed E-state index contributed by atoms with van der Waals surface area (Å²) in [6, 6.07) is 15.4. The number of aliphatic imine (C=N–C) groups is 4. The van der Waals surface area contributed by atoms with E-state index in [9.17, 15) is 10.2 Å². The Hall–Kier alpha value is -4.88. The summed E-state index contributed by atoms with van der Waals surface area (Å²) in [6.07, 6.45) is 10.4. The number of phenols is 2. The Labute approximate surface area is 306 Å². The summed E-state index contributed by atoms with van der Waals surface area (Å²) in [5.74, 6) is 2.15. The van der Waals surface area contributed by atoms with Crippen LogP contribution in [-0.4, -0.2) is 123 Å². The molecule has 1 aliphatic heterocycles. The number of phenolic OH excluding ortho intramolecular Hbond substituents is 2. The number of rotatable bonds is 10. The van der Waals surface area contributed by atoms with Gasteiger partial charge in [0.2, 0.25) is 0 Å². The van der Waals surface area contributed by atoms with Crippen molar-refractivity contribution in [3.05, 3.63) is 106 Å². The van der Waals surface area contributed by atoms with Gasteiger partial charge in [0.25, 0.3) is 0 Å². The maximum absolute atomic E-state index is 11.1. The quantitative estimate of drug-likeness (QED) is 0.177. The Morgan fingerprint density at radius 2 is 0.923 bits per heavy atom. The van der Waals surface area contributed by atoms with Crippen LogP contribution < -0.4 is 10.6 Å². The van der Waals surface area contributed by atoms with Crippen LogP contribution in [0.3, 0.4) is 0 Å². The Bertz CT molecular complexity index is 1560. The molecule has 0 radical (unpaired) electrons. The summed E-state index contributed by atoms with van der Waals surface area (Å²) in [5.41, 5.74) is 4.74. The predicted molar refractivity (Wildman–Crippen MR) is 209 cm³/mol. The smallest absolute Gasteiger partial charge is 0.133 e. The number of fused-ring (bicyclic) bond motifs is 4. The van der Waals surface area contributed by atoms with Crippen molar-refractivity contribution in [1.29, 1.82) is 0 Å². The molecule has 12 heteroatoms. The van der Waals surface area contributed by atoms with Gasteiger partial charge in [-0.15, -0.1) is 0 Å². The van der Waals surface area contributed by atoms with Gasteiger partial charge in [-0.3, -0.25) is 29.8 Å². The second-order valence-corrected chi connectivity index (χ2v) is 12.9. The monoisotopic (exact) mass is 708 g/mol. The van der Waals surface area contributed by atoms with Crippen LogP contribution in [0.5, 0.6) is 11.5 Å². The number of furan rings is 2. The Kier molecular flexibility index (Phi) is 15.4. The third-order valence-corrected chi connectivity index (χ3v) is 8.70. The first-order valence-corrected chi connectivity index (χ1v) is 18.0. The lowest BCUT2D eigenvalue weighted by atomic mass is 10.1. The zero-order valence-electron chi connectivity index (χ0n) is 30.4. The lowest BCUT2D eigenvalue weighted by Crippen LogP contribution is -2.35. The van der Waals surface area contributed by atoms with Gasteiger partial charge in [0, 0.05) is 99.5 Å². The second kappa shape index (κ2) is 20.8. The molecule has 2 aromatic carbocycles. The summed E-state index contributed by atoms with van der Waals surface area (Å²) in [6.45, 7) is 13.6. The van der Waals surface area contributed by atoms with E-state index in [2.05, 4.69) is 40.4 Å². The van der Waals surface area contributed by atoms with E-state index >= 15 is 0 Å². The molecule has 1 aliphatic rings. The number of aryl methyl sites for hydroxylation is 2. The number of aromatic hydroxyl groups is 2. The van der Waals surface area contributed by atoms with E-state index in [0.29, 0.717) is 61.5 Å². The fourth-order valence-corrected chi connectivity index (χ4v) is 5.91. The van der Waals surface area contributed by atoms with Gasteiger partial charge in [-0.25, -0.2) is 0 Å². The molecule has 52 heavy (non-hydrogen) atoms. The van der Waals surface area contributed by atoms with Crippen LogP contribution in [0.2, 0.25) is 0 Å². The molecule has 3 heterocycles. The van der Waals surface area contributed by atoms with E-state index in [-0.39, 0.29) is 11.5 Å². The standard InChI is InChI=1S/C40H52N8O4/c1-31-21-33-25-41-7-13-47(17-11-45-29-37-5-3-19-51-37)15-9-43-27-35-23-32(2)24-36(40(35)50)28-44-10-16-48(14-8-42-26-34(22-31)39(33)49)18-12-46-30-38-6-4-20-52-38/h3-6,19-28,45-46,49-50H,7-18,29-30H2,1-2H3. The molecule has 276 valence electrons. The highest BCUT2D eigenvalue weighted by Gasteiger charge is 2.10. The molecule has 0 amide bonds. The molecule has 4 N–H and O–H groups in total. The Morgan fingerprint density at radius 1 is 0.577 bits per heavy atom. The fourth-order valence-electron chi connectivity index (χ4n) is 5.91. The van der Waals surface area contributed by atoms with E-state index in [1.807, 2.05) is 62.4 Å². The highest BCUT2D eigenvalue weighted by atomic mass is 16.3. The van der Waals surface area contributed by atoms with Crippen LogP contribution in [0.25, 0.3) is 0 Å². The summed E-state index contributed by atoms with van der Waals surface area (Å²) < 4.78 is 10.9. The number of hydrogen-bond donors (Lipinski definition) is 4. The molecule has 0 unspecified atom stereocenters. The van der Waals surface area contributed by atoms with Crippen LogP contribution in [0.1, 0.15) is 44.9 Å². The van der Waals surface area contributed by atoms with E-state index in [1.54, 1.807) is 37.4 Å². The van der Waals surface area contributed by atoms with Crippen molar-refractivity contribution in [1.82, 2.24) is 20.4 Å². The molecule has 0 saturated carbocycles. The summed E-state index contributed by atoms with van der Waals surface area (Å²) in [7, 11) is 0. The zero-order chi connectivity index (χ0) is 36.4.